The van der Waals surface area contributed by atoms with Gasteiger partial charge >= 0.3 is 0 Å². The first-order valence-electron chi connectivity index (χ1n) is 9.96. The van der Waals surface area contributed by atoms with Gasteiger partial charge in [0.25, 0.3) is 5.91 Å². The highest BCUT2D eigenvalue weighted by Gasteiger charge is 2.22. The average Bonchev–Trinajstić information content (AvgIpc) is 3.15. The second-order valence-corrected chi connectivity index (χ2v) is 7.28. The molecule has 0 atom stereocenters. The molecule has 29 heavy (non-hydrogen) atoms. The number of para-hydroxylation sites is 2. The first-order chi connectivity index (χ1) is 14.2. The van der Waals surface area contributed by atoms with Gasteiger partial charge in [-0.15, -0.1) is 0 Å². The number of aromatic amines is 1. The molecule has 1 aliphatic heterocycles. The van der Waals surface area contributed by atoms with Crippen molar-refractivity contribution in [2.75, 3.05) is 50.0 Å². The number of hydrogen-bond donors (Lipinski definition) is 3. The molecule has 3 aromatic rings. The number of fused-ring (bicyclic) bond motifs is 1. The molecule has 152 valence electrons. The number of rotatable bonds is 6. The molecule has 0 unspecified atom stereocenters. The summed E-state index contributed by atoms with van der Waals surface area (Å²) in [6, 6.07) is 13.7. The normalized spacial score (nSPS) is 14.4. The van der Waals surface area contributed by atoms with Crippen molar-refractivity contribution in [2.45, 2.75) is 6.42 Å². The summed E-state index contributed by atoms with van der Waals surface area (Å²) in [7, 11) is 0. The van der Waals surface area contributed by atoms with Crippen LogP contribution in [-0.4, -0.2) is 55.1 Å². The fourth-order valence-corrected chi connectivity index (χ4v) is 3.82. The van der Waals surface area contributed by atoms with Gasteiger partial charge in [-0.3, -0.25) is 4.79 Å². The van der Waals surface area contributed by atoms with Gasteiger partial charge in [0.05, 0.1) is 11.4 Å². The Morgan fingerprint density at radius 2 is 1.90 bits per heavy atom. The Labute approximate surface area is 170 Å². The molecule has 0 spiro atoms. The molecule has 5 N–H and O–H groups in total. The number of aromatic nitrogens is 1. The predicted molar refractivity (Wildman–Crippen MR) is 116 cm³/mol. The fourth-order valence-electron chi connectivity index (χ4n) is 3.82. The lowest BCUT2D eigenvalue weighted by atomic mass is 10.1. The SMILES string of the molecule is NCCc1c[nH]c2ccc(OCC(=O)N3CCN(c4ccccc4N)CC3)cc12. The molecule has 1 saturated heterocycles. The van der Waals surface area contributed by atoms with Crippen molar-refractivity contribution in [1.29, 1.82) is 0 Å². The van der Waals surface area contributed by atoms with Gasteiger partial charge in [0.15, 0.2) is 6.61 Å². The molecule has 0 aliphatic carbocycles. The van der Waals surface area contributed by atoms with Crippen LogP contribution in [-0.2, 0) is 11.2 Å². The average molecular weight is 393 g/mol. The van der Waals surface area contributed by atoms with Crippen molar-refractivity contribution in [3.63, 3.8) is 0 Å². The number of carbonyl (C=O) groups excluding carboxylic acids is 1. The van der Waals surface area contributed by atoms with Crippen LogP contribution in [0.2, 0.25) is 0 Å². The number of ether oxygens (including phenoxy) is 1. The van der Waals surface area contributed by atoms with E-state index < -0.39 is 0 Å². The maximum Gasteiger partial charge on any atom is 0.260 e. The summed E-state index contributed by atoms with van der Waals surface area (Å²) in [5, 5.41) is 1.09. The summed E-state index contributed by atoms with van der Waals surface area (Å²) in [6.45, 7) is 3.48. The van der Waals surface area contributed by atoms with Gasteiger partial charge in [0.1, 0.15) is 5.75 Å². The number of hydrogen-bond acceptors (Lipinski definition) is 5. The number of anilines is 2. The zero-order valence-electron chi connectivity index (χ0n) is 16.4. The van der Waals surface area contributed by atoms with Crippen LogP contribution in [0, 0.1) is 0 Å². The van der Waals surface area contributed by atoms with Crippen LogP contribution in [0.5, 0.6) is 5.75 Å². The lowest BCUT2D eigenvalue weighted by molar-refractivity contribution is -0.133. The number of amides is 1. The summed E-state index contributed by atoms with van der Waals surface area (Å²) in [5.41, 5.74) is 15.8. The third-order valence-corrected chi connectivity index (χ3v) is 5.42. The maximum absolute atomic E-state index is 12.6. The Kier molecular flexibility index (Phi) is 5.57. The number of benzene rings is 2. The van der Waals surface area contributed by atoms with Gasteiger partial charge in [0.2, 0.25) is 0 Å². The van der Waals surface area contributed by atoms with E-state index in [1.54, 1.807) is 0 Å². The Hall–Kier alpha value is -3.19. The molecule has 1 fully saturated rings. The van der Waals surface area contributed by atoms with E-state index in [4.69, 9.17) is 16.2 Å². The fraction of sp³-hybridized carbons (Fsp3) is 0.318. The molecular weight excluding hydrogens is 366 g/mol. The van der Waals surface area contributed by atoms with Crippen molar-refractivity contribution in [1.82, 2.24) is 9.88 Å². The number of nitrogens with zero attached hydrogens (tertiary/aromatic N) is 2. The molecule has 7 nitrogen and oxygen atoms in total. The number of nitrogen functional groups attached to an aromatic ring is 1. The first-order valence-corrected chi connectivity index (χ1v) is 9.96. The molecule has 0 bridgehead atoms. The first kappa shape index (κ1) is 19.1. The highest BCUT2D eigenvalue weighted by molar-refractivity contribution is 5.85. The van der Waals surface area contributed by atoms with Gasteiger partial charge in [0, 0.05) is 43.3 Å². The lowest BCUT2D eigenvalue weighted by Crippen LogP contribution is -2.50. The third kappa shape index (κ3) is 4.14. The minimum Gasteiger partial charge on any atom is -0.484 e. The van der Waals surface area contributed by atoms with E-state index in [1.165, 1.54) is 0 Å². The monoisotopic (exact) mass is 393 g/mol. The summed E-state index contributed by atoms with van der Waals surface area (Å²) >= 11 is 0. The second kappa shape index (κ2) is 8.45. The molecule has 7 heteroatoms. The van der Waals surface area contributed by atoms with E-state index in [-0.39, 0.29) is 12.5 Å². The highest BCUT2D eigenvalue weighted by Crippen LogP contribution is 2.25. The largest absolute Gasteiger partial charge is 0.484 e. The van der Waals surface area contributed by atoms with E-state index in [1.807, 2.05) is 53.6 Å². The summed E-state index contributed by atoms with van der Waals surface area (Å²) in [4.78, 5) is 19.9. The number of nitrogens with two attached hydrogens (primary N) is 2. The molecule has 1 aromatic heterocycles. The molecule has 1 amide bonds. The van der Waals surface area contributed by atoms with Gasteiger partial charge < -0.3 is 31.0 Å². The van der Waals surface area contributed by atoms with E-state index in [2.05, 4.69) is 9.88 Å². The van der Waals surface area contributed by atoms with Crippen LogP contribution in [0.25, 0.3) is 10.9 Å². The van der Waals surface area contributed by atoms with Crippen molar-refractivity contribution in [3.8, 4) is 5.75 Å². The molecule has 4 rings (SSSR count). The number of piperazine rings is 1. The second-order valence-electron chi connectivity index (χ2n) is 7.28. The van der Waals surface area contributed by atoms with Crippen molar-refractivity contribution >= 4 is 28.2 Å². The van der Waals surface area contributed by atoms with Crippen LogP contribution < -0.4 is 21.1 Å². The molecule has 2 heterocycles. The van der Waals surface area contributed by atoms with E-state index >= 15 is 0 Å². The molecule has 0 radical (unpaired) electrons. The summed E-state index contributed by atoms with van der Waals surface area (Å²) < 4.78 is 5.79. The summed E-state index contributed by atoms with van der Waals surface area (Å²) in [5.74, 6) is 0.696. The molecule has 0 saturated carbocycles. The zero-order chi connectivity index (χ0) is 20.2. The minimum atomic E-state index is 0.00188. The number of nitrogens with one attached hydrogen (secondary N) is 1. The van der Waals surface area contributed by atoms with Crippen LogP contribution >= 0.6 is 0 Å². The molecule has 1 aliphatic rings. The third-order valence-electron chi connectivity index (χ3n) is 5.42. The lowest BCUT2D eigenvalue weighted by Gasteiger charge is -2.36. The number of H-pyrrole nitrogens is 1. The van der Waals surface area contributed by atoms with Crippen molar-refractivity contribution < 1.29 is 9.53 Å². The smallest absolute Gasteiger partial charge is 0.260 e. The zero-order valence-corrected chi connectivity index (χ0v) is 16.4. The quantitative estimate of drug-likeness (QED) is 0.556. The molecule has 2 aromatic carbocycles. The van der Waals surface area contributed by atoms with Gasteiger partial charge in [-0.1, -0.05) is 12.1 Å². The maximum atomic E-state index is 12.6. The van der Waals surface area contributed by atoms with Crippen LogP contribution in [0.15, 0.2) is 48.7 Å². The van der Waals surface area contributed by atoms with Crippen molar-refractivity contribution in [2.24, 2.45) is 5.73 Å². The van der Waals surface area contributed by atoms with Gasteiger partial charge in [-0.25, -0.2) is 0 Å². The van der Waals surface area contributed by atoms with E-state index in [0.29, 0.717) is 25.4 Å². The topological polar surface area (TPSA) is 101 Å². The summed E-state index contributed by atoms with van der Waals surface area (Å²) in [6.07, 6.45) is 2.78. The Balaban J connectivity index is 1.33. The van der Waals surface area contributed by atoms with Crippen molar-refractivity contribution in [3.05, 3.63) is 54.2 Å². The van der Waals surface area contributed by atoms with Crippen LogP contribution in [0.1, 0.15) is 5.56 Å². The number of carbonyl (C=O) groups is 1. The molecular formula is C22H27N5O2. The highest BCUT2D eigenvalue weighted by atomic mass is 16.5. The standard InChI is InChI=1S/C22H27N5O2/c23-8-7-16-14-25-20-6-5-17(13-18(16)20)29-15-22(28)27-11-9-26(10-12-27)21-4-2-1-3-19(21)24/h1-6,13-14,25H,7-12,15,23-24H2. The Bertz CT molecular complexity index is 992. The van der Waals surface area contributed by atoms with E-state index in [9.17, 15) is 4.79 Å². The predicted octanol–water partition coefficient (Wildman–Crippen LogP) is 1.98. The minimum absolute atomic E-state index is 0.00188. The Morgan fingerprint density at radius 1 is 1.10 bits per heavy atom. The van der Waals surface area contributed by atoms with Crippen LogP contribution in [0.4, 0.5) is 11.4 Å². The van der Waals surface area contributed by atoms with Crippen LogP contribution in [0.3, 0.4) is 0 Å². The van der Waals surface area contributed by atoms with Gasteiger partial charge in [-0.05, 0) is 48.9 Å². The van der Waals surface area contributed by atoms with Gasteiger partial charge in [-0.2, -0.15) is 0 Å². The Morgan fingerprint density at radius 3 is 2.66 bits per heavy atom. The van der Waals surface area contributed by atoms with E-state index in [0.717, 1.165) is 47.4 Å².